The maximum absolute atomic E-state index is 12.7. The second kappa shape index (κ2) is 8.33. The van der Waals surface area contributed by atoms with E-state index in [0.29, 0.717) is 37.7 Å². The molecule has 0 spiro atoms. The Kier molecular flexibility index (Phi) is 5.23. The van der Waals surface area contributed by atoms with Crippen molar-refractivity contribution >= 4 is 39.0 Å². The molecule has 156 valence electrons. The first-order valence-corrected chi connectivity index (χ1v) is 10.8. The number of benzene rings is 2. The number of fused-ring (bicyclic) bond motifs is 1. The van der Waals surface area contributed by atoms with Gasteiger partial charge in [0.1, 0.15) is 12.1 Å². The molecule has 2 N–H and O–H groups in total. The van der Waals surface area contributed by atoms with Gasteiger partial charge in [-0.25, -0.2) is 9.97 Å². The maximum Gasteiger partial charge on any atom is 0.254 e. The molecule has 1 saturated heterocycles. The van der Waals surface area contributed by atoms with Gasteiger partial charge in [-0.1, -0.05) is 18.2 Å². The number of nitrogens with zero attached hydrogens (tertiary/aromatic N) is 3. The van der Waals surface area contributed by atoms with Crippen LogP contribution in [0.25, 0.3) is 20.7 Å². The van der Waals surface area contributed by atoms with E-state index in [2.05, 4.69) is 15.3 Å². The average Bonchev–Trinajstić information content (AvgIpc) is 3.25. The Labute approximate surface area is 183 Å². The summed E-state index contributed by atoms with van der Waals surface area (Å²) >= 11 is 1.58. The fourth-order valence-electron chi connectivity index (χ4n) is 3.53. The van der Waals surface area contributed by atoms with Gasteiger partial charge >= 0.3 is 0 Å². The van der Waals surface area contributed by atoms with Gasteiger partial charge in [0.25, 0.3) is 5.91 Å². The van der Waals surface area contributed by atoms with E-state index in [1.54, 1.807) is 29.5 Å². The van der Waals surface area contributed by atoms with Crippen LogP contribution in [0.2, 0.25) is 0 Å². The number of hydrogen-bond acceptors (Lipinski definition) is 7. The fraction of sp³-hybridized carbons (Fsp3) is 0.174. The van der Waals surface area contributed by atoms with E-state index >= 15 is 0 Å². The Morgan fingerprint density at radius 2 is 1.87 bits per heavy atom. The first kappa shape index (κ1) is 19.5. The molecular weight excluding hydrogens is 412 g/mol. The third-order valence-corrected chi connectivity index (χ3v) is 6.31. The molecule has 1 aliphatic heterocycles. The summed E-state index contributed by atoms with van der Waals surface area (Å²) in [5.41, 5.74) is 3.29. The zero-order valence-corrected chi connectivity index (χ0v) is 17.4. The van der Waals surface area contributed by atoms with Crippen LogP contribution in [0, 0.1) is 0 Å². The minimum absolute atomic E-state index is 0.0367. The third-order valence-electron chi connectivity index (χ3n) is 5.13. The summed E-state index contributed by atoms with van der Waals surface area (Å²) in [6, 6.07) is 16.6. The highest BCUT2D eigenvalue weighted by atomic mass is 32.1. The topological polar surface area (TPSA) is 87.6 Å². The molecule has 4 aromatic rings. The predicted octanol–water partition coefficient (Wildman–Crippen LogP) is 4.28. The van der Waals surface area contributed by atoms with Crippen LogP contribution >= 0.6 is 11.3 Å². The van der Waals surface area contributed by atoms with Crippen molar-refractivity contribution in [3.05, 3.63) is 66.5 Å². The summed E-state index contributed by atoms with van der Waals surface area (Å²) in [5.74, 6) is 0.912. The van der Waals surface area contributed by atoms with Gasteiger partial charge < -0.3 is 20.1 Å². The van der Waals surface area contributed by atoms with Crippen molar-refractivity contribution in [2.24, 2.45) is 0 Å². The fourth-order valence-corrected chi connectivity index (χ4v) is 4.59. The van der Waals surface area contributed by atoms with Crippen LogP contribution in [0.15, 0.2) is 60.9 Å². The Morgan fingerprint density at radius 3 is 2.65 bits per heavy atom. The molecule has 7 nitrogen and oxygen atoms in total. The molecule has 8 heteroatoms. The van der Waals surface area contributed by atoms with Gasteiger partial charge in [-0.15, -0.1) is 11.3 Å². The highest BCUT2D eigenvalue weighted by Crippen LogP contribution is 2.36. The Hall–Kier alpha value is -3.49. The van der Waals surface area contributed by atoms with Crippen LogP contribution in [0.4, 0.5) is 11.5 Å². The van der Waals surface area contributed by atoms with Gasteiger partial charge in [0, 0.05) is 35.3 Å². The molecule has 1 fully saturated rings. The number of morpholine rings is 1. The summed E-state index contributed by atoms with van der Waals surface area (Å²) in [6.45, 7) is 2.44. The van der Waals surface area contributed by atoms with Gasteiger partial charge in [-0.05, 0) is 35.9 Å². The Bertz CT molecular complexity index is 1230. The van der Waals surface area contributed by atoms with Crippen LogP contribution in [0.1, 0.15) is 10.4 Å². The van der Waals surface area contributed by atoms with Crippen LogP contribution < -0.4 is 5.32 Å². The van der Waals surface area contributed by atoms with E-state index < -0.39 is 0 Å². The van der Waals surface area contributed by atoms with Crippen LogP contribution in [-0.2, 0) is 4.74 Å². The molecule has 2 aromatic heterocycles. The summed E-state index contributed by atoms with van der Waals surface area (Å²) < 4.78 is 6.25. The van der Waals surface area contributed by atoms with E-state index in [4.69, 9.17) is 4.74 Å². The van der Waals surface area contributed by atoms with E-state index in [-0.39, 0.29) is 11.7 Å². The van der Waals surface area contributed by atoms with Crippen LogP contribution in [0.5, 0.6) is 5.75 Å². The van der Waals surface area contributed by atoms with Crippen molar-refractivity contribution in [2.75, 3.05) is 31.6 Å². The molecule has 2 aromatic carbocycles. The number of carbonyl (C=O) groups is 1. The minimum atomic E-state index is 0.0367. The predicted molar refractivity (Wildman–Crippen MR) is 121 cm³/mol. The number of aromatic nitrogens is 2. The second-order valence-corrected chi connectivity index (χ2v) is 8.26. The summed E-state index contributed by atoms with van der Waals surface area (Å²) in [6.07, 6.45) is 1.52. The molecule has 0 bridgehead atoms. The number of ether oxygens (including phenoxy) is 1. The summed E-state index contributed by atoms with van der Waals surface area (Å²) in [4.78, 5) is 24.3. The number of rotatable bonds is 4. The second-order valence-electron chi connectivity index (χ2n) is 7.20. The molecule has 5 rings (SSSR count). The molecule has 3 heterocycles. The lowest BCUT2D eigenvalue weighted by atomic mass is 10.1. The van der Waals surface area contributed by atoms with Gasteiger partial charge in [0.05, 0.1) is 23.4 Å². The smallest absolute Gasteiger partial charge is 0.254 e. The number of aromatic hydroxyl groups is 1. The van der Waals surface area contributed by atoms with Gasteiger partial charge in [-0.2, -0.15) is 0 Å². The molecule has 31 heavy (non-hydrogen) atoms. The first-order valence-electron chi connectivity index (χ1n) is 9.95. The SMILES string of the molecule is O=C(c1ccc(-c2cc3ncnc(Nc4cccc(O)c4)c3s2)cc1)N1CCOCC1. The molecule has 0 atom stereocenters. The Morgan fingerprint density at radius 1 is 1.06 bits per heavy atom. The van der Waals surface area contributed by atoms with Crippen LogP contribution in [0.3, 0.4) is 0 Å². The standard InChI is InChI=1S/C23H20N4O3S/c28-18-3-1-2-17(12-18)26-22-21-19(24-14-25-22)13-20(31-21)15-4-6-16(7-5-15)23(29)27-8-10-30-11-9-27/h1-7,12-14,28H,8-11H2,(H,24,25,26). The Balaban J connectivity index is 1.41. The lowest BCUT2D eigenvalue weighted by Gasteiger charge is -2.26. The molecule has 0 saturated carbocycles. The molecule has 0 radical (unpaired) electrons. The molecule has 1 aliphatic rings. The van der Waals surface area contributed by atoms with Gasteiger partial charge in [0.2, 0.25) is 0 Å². The highest BCUT2D eigenvalue weighted by Gasteiger charge is 2.18. The van der Waals surface area contributed by atoms with Crippen molar-refractivity contribution in [1.82, 2.24) is 14.9 Å². The number of hydrogen-bond donors (Lipinski definition) is 2. The zero-order valence-electron chi connectivity index (χ0n) is 16.6. The quantitative estimate of drug-likeness (QED) is 0.501. The van der Waals surface area contributed by atoms with E-state index in [0.717, 1.165) is 26.3 Å². The van der Waals surface area contributed by atoms with Gasteiger partial charge in [0.15, 0.2) is 5.82 Å². The molecule has 0 unspecified atom stereocenters. The molecule has 0 aliphatic carbocycles. The van der Waals surface area contributed by atoms with Crippen LogP contribution in [-0.4, -0.2) is 52.2 Å². The first-order chi connectivity index (χ1) is 15.2. The number of amides is 1. The monoisotopic (exact) mass is 432 g/mol. The molecule has 1 amide bonds. The zero-order chi connectivity index (χ0) is 21.2. The summed E-state index contributed by atoms with van der Waals surface area (Å²) in [7, 11) is 0. The number of nitrogens with one attached hydrogen (secondary N) is 1. The van der Waals surface area contributed by atoms with Crippen molar-refractivity contribution in [1.29, 1.82) is 0 Å². The van der Waals surface area contributed by atoms with Crippen molar-refractivity contribution in [2.45, 2.75) is 0 Å². The number of phenols is 1. The highest BCUT2D eigenvalue weighted by molar-refractivity contribution is 7.22. The minimum Gasteiger partial charge on any atom is -0.508 e. The number of phenolic OH excluding ortho intramolecular Hbond substituents is 1. The number of thiophene rings is 1. The van der Waals surface area contributed by atoms with Crippen molar-refractivity contribution in [3.8, 4) is 16.2 Å². The lowest BCUT2D eigenvalue weighted by Crippen LogP contribution is -2.40. The normalized spacial score (nSPS) is 14.0. The number of carbonyl (C=O) groups excluding carboxylic acids is 1. The van der Waals surface area contributed by atoms with Crippen molar-refractivity contribution < 1.29 is 14.6 Å². The van der Waals surface area contributed by atoms with E-state index in [1.807, 2.05) is 41.3 Å². The average molecular weight is 433 g/mol. The largest absolute Gasteiger partial charge is 0.508 e. The van der Waals surface area contributed by atoms with Crippen molar-refractivity contribution in [3.63, 3.8) is 0 Å². The maximum atomic E-state index is 12.7. The van der Waals surface area contributed by atoms with Gasteiger partial charge in [-0.3, -0.25) is 4.79 Å². The third kappa shape index (κ3) is 4.08. The molecular formula is C23H20N4O3S. The lowest BCUT2D eigenvalue weighted by molar-refractivity contribution is 0.0303. The summed E-state index contributed by atoms with van der Waals surface area (Å²) in [5, 5.41) is 13.0. The van der Waals surface area contributed by atoms with E-state index in [1.165, 1.54) is 6.33 Å². The number of anilines is 2. The van der Waals surface area contributed by atoms with E-state index in [9.17, 15) is 9.90 Å².